The van der Waals surface area contributed by atoms with Gasteiger partial charge in [0.05, 0.1) is 5.52 Å². The summed E-state index contributed by atoms with van der Waals surface area (Å²) in [5.74, 6) is -0.973. The molecule has 122 valence electrons. The number of aromatic nitrogens is 1. The molecule has 3 rings (SSSR count). The maximum Gasteiger partial charge on any atom is 0.267 e. The van der Waals surface area contributed by atoms with Crippen LogP contribution in [0, 0.1) is 0 Å². The van der Waals surface area contributed by atoms with Gasteiger partial charge in [-0.05, 0) is 43.3 Å². The smallest absolute Gasteiger partial charge is 0.267 e. The number of hydrogen-bond acceptors (Lipinski definition) is 3. The van der Waals surface area contributed by atoms with Crippen molar-refractivity contribution in [3.05, 3.63) is 69.5 Å². The number of hydrogen-bond donors (Lipinski definition) is 2. The number of anilines is 1. The lowest BCUT2D eigenvalue weighted by Gasteiger charge is -2.13. The van der Waals surface area contributed by atoms with Gasteiger partial charge in [-0.2, -0.15) is 0 Å². The SMILES string of the molecule is CCn1c(=O)c(C(=O)Nc2ccc(Cl)cc2)c(O)c2ccccc21. The van der Waals surface area contributed by atoms with Crippen LogP contribution in [0.4, 0.5) is 5.69 Å². The Kier molecular flexibility index (Phi) is 4.27. The number of benzene rings is 2. The fourth-order valence-corrected chi connectivity index (χ4v) is 2.76. The quantitative estimate of drug-likeness (QED) is 0.763. The summed E-state index contributed by atoms with van der Waals surface area (Å²) in [7, 11) is 0. The minimum absolute atomic E-state index is 0.273. The van der Waals surface area contributed by atoms with E-state index in [0.29, 0.717) is 28.2 Å². The molecular formula is C18H15ClN2O3. The van der Waals surface area contributed by atoms with Gasteiger partial charge >= 0.3 is 0 Å². The lowest BCUT2D eigenvalue weighted by molar-refractivity contribution is 0.102. The molecule has 0 aliphatic carbocycles. The average molecular weight is 343 g/mol. The normalized spacial score (nSPS) is 10.8. The third kappa shape index (κ3) is 2.74. The van der Waals surface area contributed by atoms with E-state index in [2.05, 4.69) is 5.32 Å². The first-order valence-corrected chi connectivity index (χ1v) is 7.82. The number of amides is 1. The molecule has 0 aliphatic rings. The van der Waals surface area contributed by atoms with Crippen molar-refractivity contribution >= 4 is 34.1 Å². The van der Waals surface area contributed by atoms with Crippen molar-refractivity contribution in [3.63, 3.8) is 0 Å². The molecule has 0 bridgehead atoms. The number of carbonyl (C=O) groups is 1. The van der Waals surface area contributed by atoms with Crippen LogP contribution in [0.3, 0.4) is 0 Å². The summed E-state index contributed by atoms with van der Waals surface area (Å²) in [5.41, 5.74) is 0.274. The van der Waals surface area contributed by atoms with Gasteiger partial charge in [0.15, 0.2) is 0 Å². The summed E-state index contributed by atoms with van der Waals surface area (Å²) in [6, 6.07) is 13.4. The highest BCUT2D eigenvalue weighted by molar-refractivity contribution is 6.30. The monoisotopic (exact) mass is 342 g/mol. The van der Waals surface area contributed by atoms with Crippen LogP contribution in [0.2, 0.25) is 5.02 Å². The Morgan fingerprint density at radius 2 is 1.83 bits per heavy atom. The topological polar surface area (TPSA) is 71.3 Å². The predicted octanol–water partition coefficient (Wildman–Crippen LogP) is 3.63. The molecule has 3 aromatic rings. The fraction of sp³-hybridized carbons (Fsp3) is 0.111. The standard InChI is InChI=1S/C18H15ClN2O3/c1-2-21-14-6-4-3-5-13(14)16(22)15(18(21)24)17(23)20-12-9-7-11(19)8-10-12/h3-10,22H,2H2,1H3,(H,20,23). The zero-order valence-electron chi connectivity index (χ0n) is 12.9. The van der Waals surface area contributed by atoms with Gasteiger partial charge in [0.1, 0.15) is 11.3 Å². The second-order valence-corrected chi connectivity index (χ2v) is 5.69. The average Bonchev–Trinajstić information content (AvgIpc) is 2.57. The number of nitrogens with one attached hydrogen (secondary N) is 1. The number of halogens is 1. The van der Waals surface area contributed by atoms with Gasteiger partial charge in [0, 0.05) is 22.6 Å². The molecule has 0 saturated heterocycles. The first-order chi connectivity index (χ1) is 11.5. The maximum atomic E-state index is 12.6. The predicted molar refractivity (Wildman–Crippen MR) is 95.0 cm³/mol. The second-order valence-electron chi connectivity index (χ2n) is 5.25. The maximum absolute atomic E-state index is 12.6. The van der Waals surface area contributed by atoms with Crippen molar-refractivity contribution < 1.29 is 9.90 Å². The molecule has 0 saturated carbocycles. The molecule has 5 nitrogen and oxygen atoms in total. The molecule has 6 heteroatoms. The fourth-order valence-electron chi connectivity index (χ4n) is 2.63. The summed E-state index contributed by atoms with van der Waals surface area (Å²) in [6.45, 7) is 2.20. The third-order valence-corrected chi connectivity index (χ3v) is 4.04. The van der Waals surface area contributed by atoms with Crippen LogP contribution >= 0.6 is 11.6 Å². The Morgan fingerprint density at radius 1 is 1.17 bits per heavy atom. The molecule has 1 amide bonds. The molecule has 0 spiro atoms. The van der Waals surface area contributed by atoms with Gasteiger partial charge in [-0.25, -0.2) is 0 Å². The van der Waals surface area contributed by atoms with E-state index in [1.54, 1.807) is 48.5 Å². The van der Waals surface area contributed by atoms with Crippen molar-refractivity contribution in [1.82, 2.24) is 4.57 Å². The van der Waals surface area contributed by atoms with Crippen molar-refractivity contribution in [1.29, 1.82) is 0 Å². The zero-order valence-corrected chi connectivity index (χ0v) is 13.7. The second kappa shape index (κ2) is 6.37. The van der Waals surface area contributed by atoms with Crippen LogP contribution in [0.1, 0.15) is 17.3 Å². The molecule has 0 atom stereocenters. The molecule has 24 heavy (non-hydrogen) atoms. The molecule has 2 N–H and O–H groups in total. The minimum Gasteiger partial charge on any atom is -0.506 e. The van der Waals surface area contributed by atoms with Gasteiger partial charge in [0.25, 0.3) is 11.5 Å². The summed E-state index contributed by atoms with van der Waals surface area (Å²) in [5, 5.41) is 14.1. The van der Waals surface area contributed by atoms with Gasteiger partial charge < -0.3 is 15.0 Å². The number of aryl methyl sites for hydroxylation is 1. The lowest BCUT2D eigenvalue weighted by atomic mass is 10.1. The Morgan fingerprint density at radius 3 is 2.50 bits per heavy atom. The van der Waals surface area contributed by atoms with Crippen LogP contribution in [-0.4, -0.2) is 15.6 Å². The van der Waals surface area contributed by atoms with Gasteiger partial charge in [-0.3, -0.25) is 9.59 Å². The van der Waals surface area contributed by atoms with Crippen LogP contribution < -0.4 is 10.9 Å². The largest absolute Gasteiger partial charge is 0.506 e. The van der Waals surface area contributed by atoms with E-state index >= 15 is 0 Å². The van der Waals surface area contributed by atoms with E-state index < -0.39 is 11.5 Å². The van der Waals surface area contributed by atoms with Gasteiger partial charge in [-0.15, -0.1) is 0 Å². The van der Waals surface area contributed by atoms with E-state index in [9.17, 15) is 14.7 Å². The number of aromatic hydroxyl groups is 1. The van der Waals surface area contributed by atoms with Crippen molar-refractivity contribution in [2.24, 2.45) is 0 Å². The number of fused-ring (bicyclic) bond motifs is 1. The highest BCUT2D eigenvalue weighted by atomic mass is 35.5. The number of rotatable bonds is 3. The van der Waals surface area contributed by atoms with E-state index in [1.807, 2.05) is 6.92 Å². The van der Waals surface area contributed by atoms with Gasteiger partial charge in [0.2, 0.25) is 0 Å². The summed E-state index contributed by atoms with van der Waals surface area (Å²) >= 11 is 5.81. The van der Waals surface area contributed by atoms with Crippen LogP contribution in [-0.2, 0) is 6.54 Å². The van der Waals surface area contributed by atoms with E-state index in [4.69, 9.17) is 11.6 Å². The molecule has 0 radical (unpaired) electrons. The summed E-state index contributed by atoms with van der Waals surface area (Å²) < 4.78 is 1.46. The first-order valence-electron chi connectivity index (χ1n) is 7.44. The van der Waals surface area contributed by atoms with Crippen molar-refractivity contribution in [2.75, 3.05) is 5.32 Å². The van der Waals surface area contributed by atoms with E-state index in [0.717, 1.165) is 0 Å². The van der Waals surface area contributed by atoms with Crippen molar-refractivity contribution in [2.45, 2.75) is 13.5 Å². The number of carbonyl (C=O) groups excluding carboxylic acids is 1. The number of nitrogens with zero attached hydrogens (tertiary/aromatic N) is 1. The highest BCUT2D eigenvalue weighted by Crippen LogP contribution is 2.27. The van der Waals surface area contributed by atoms with Crippen LogP contribution in [0.25, 0.3) is 10.9 Å². The molecule has 0 aliphatic heterocycles. The minimum atomic E-state index is -0.659. The molecule has 1 aromatic heterocycles. The van der Waals surface area contributed by atoms with Crippen LogP contribution in [0.5, 0.6) is 5.75 Å². The Bertz CT molecular complexity index is 978. The highest BCUT2D eigenvalue weighted by Gasteiger charge is 2.21. The molecular weight excluding hydrogens is 328 g/mol. The van der Waals surface area contributed by atoms with Crippen molar-refractivity contribution in [3.8, 4) is 5.75 Å². The van der Waals surface area contributed by atoms with Crippen LogP contribution in [0.15, 0.2) is 53.3 Å². The number of pyridine rings is 1. The molecule has 0 unspecified atom stereocenters. The van der Waals surface area contributed by atoms with Gasteiger partial charge in [-0.1, -0.05) is 23.7 Å². The zero-order chi connectivity index (χ0) is 17.3. The summed E-state index contributed by atoms with van der Waals surface area (Å²) in [6.07, 6.45) is 0. The van der Waals surface area contributed by atoms with E-state index in [1.165, 1.54) is 4.57 Å². The molecule has 1 heterocycles. The Balaban J connectivity index is 2.13. The third-order valence-electron chi connectivity index (χ3n) is 3.79. The Labute approximate surface area is 143 Å². The number of para-hydroxylation sites is 1. The molecule has 2 aromatic carbocycles. The summed E-state index contributed by atoms with van der Waals surface area (Å²) in [4.78, 5) is 25.2. The lowest BCUT2D eigenvalue weighted by Crippen LogP contribution is -2.29. The van der Waals surface area contributed by atoms with E-state index in [-0.39, 0.29) is 11.3 Å². The molecule has 0 fully saturated rings. The Hall–Kier alpha value is -2.79. The first kappa shape index (κ1) is 16.1.